The molecule has 0 aromatic rings. The van der Waals surface area contributed by atoms with E-state index in [0.29, 0.717) is 18.1 Å². The van der Waals surface area contributed by atoms with Crippen LogP contribution in [0.4, 0.5) is 0 Å². The van der Waals surface area contributed by atoms with Gasteiger partial charge in [0, 0.05) is 18.6 Å². The summed E-state index contributed by atoms with van der Waals surface area (Å²) in [5, 5.41) is 0. The zero-order chi connectivity index (χ0) is 9.14. The molecular formula is C9H20N2O. The monoisotopic (exact) mass is 172 g/mol. The summed E-state index contributed by atoms with van der Waals surface area (Å²) in [4.78, 5) is 2.45. The number of ether oxygens (including phenoxy) is 1. The van der Waals surface area contributed by atoms with Crippen molar-refractivity contribution in [2.45, 2.75) is 38.9 Å². The SMILES string of the molecule is CC(C)N(C(C)CN)C1COC1. The Bertz CT molecular complexity index is 130. The third-order valence-corrected chi connectivity index (χ3v) is 2.49. The Kier molecular flexibility index (Phi) is 3.50. The van der Waals surface area contributed by atoms with Crippen molar-refractivity contribution in [3.63, 3.8) is 0 Å². The largest absolute Gasteiger partial charge is 0.378 e. The summed E-state index contributed by atoms with van der Waals surface area (Å²) in [5.41, 5.74) is 5.64. The van der Waals surface area contributed by atoms with Crippen molar-refractivity contribution >= 4 is 0 Å². The molecule has 0 spiro atoms. The van der Waals surface area contributed by atoms with Crippen LogP contribution in [0.15, 0.2) is 0 Å². The minimum absolute atomic E-state index is 0.471. The van der Waals surface area contributed by atoms with Crippen LogP contribution in [0.3, 0.4) is 0 Å². The van der Waals surface area contributed by atoms with Gasteiger partial charge < -0.3 is 10.5 Å². The lowest BCUT2D eigenvalue weighted by Gasteiger charge is -2.43. The zero-order valence-electron chi connectivity index (χ0n) is 8.29. The van der Waals surface area contributed by atoms with Crippen LogP contribution in [0.2, 0.25) is 0 Å². The average Bonchev–Trinajstić information content (AvgIpc) is 1.94. The van der Waals surface area contributed by atoms with E-state index in [1.807, 2.05) is 0 Å². The van der Waals surface area contributed by atoms with Gasteiger partial charge in [0.25, 0.3) is 0 Å². The van der Waals surface area contributed by atoms with Gasteiger partial charge in [0.2, 0.25) is 0 Å². The number of nitrogens with two attached hydrogens (primary N) is 1. The molecule has 1 aliphatic heterocycles. The normalized spacial score (nSPS) is 21.5. The summed E-state index contributed by atoms with van der Waals surface area (Å²) in [5.74, 6) is 0. The first kappa shape index (κ1) is 9.96. The van der Waals surface area contributed by atoms with Gasteiger partial charge in [-0.1, -0.05) is 0 Å². The van der Waals surface area contributed by atoms with Crippen LogP contribution in [0.1, 0.15) is 20.8 Å². The molecule has 1 heterocycles. The van der Waals surface area contributed by atoms with Crippen LogP contribution in [-0.2, 0) is 4.74 Å². The van der Waals surface area contributed by atoms with Gasteiger partial charge in [0.05, 0.1) is 19.3 Å². The van der Waals surface area contributed by atoms with Crippen molar-refractivity contribution in [2.24, 2.45) is 5.73 Å². The summed E-state index contributed by atoms with van der Waals surface area (Å²) in [6, 6.07) is 1.64. The second-order valence-corrected chi connectivity index (χ2v) is 3.82. The lowest BCUT2D eigenvalue weighted by atomic mass is 10.1. The van der Waals surface area contributed by atoms with Gasteiger partial charge in [-0.2, -0.15) is 0 Å². The Hall–Kier alpha value is -0.120. The first-order valence-corrected chi connectivity index (χ1v) is 4.72. The molecule has 3 nitrogen and oxygen atoms in total. The minimum Gasteiger partial charge on any atom is -0.378 e. The number of hydrogen-bond donors (Lipinski definition) is 1. The second kappa shape index (κ2) is 4.21. The van der Waals surface area contributed by atoms with Crippen LogP contribution in [0.5, 0.6) is 0 Å². The summed E-state index contributed by atoms with van der Waals surface area (Å²) >= 11 is 0. The summed E-state index contributed by atoms with van der Waals surface area (Å²) in [6.07, 6.45) is 0. The van der Waals surface area contributed by atoms with Crippen molar-refractivity contribution in [3.05, 3.63) is 0 Å². The lowest BCUT2D eigenvalue weighted by Crippen LogP contribution is -2.57. The Morgan fingerprint density at radius 2 is 2.00 bits per heavy atom. The fraction of sp³-hybridized carbons (Fsp3) is 1.00. The first-order chi connectivity index (χ1) is 5.66. The van der Waals surface area contributed by atoms with Crippen LogP contribution in [0, 0.1) is 0 Å². The smallest absolute Gasteiger partial charge is 0.0645 e. The summed E-state index contributed by atoms with van der Waals surface area (Å²) < 4.78 is 5.18. The highest BCUT2D eigenvalue weighted by atomic mass is 16.5. The number of rotatable bonds is 4. The highest BCUT2D eigenvalue weighted by molar-refractivity contribution is 4.84. The molecule has 1 unspecified atom stereocenters. The van der Waals surface area contributed by atoms with Gasteiger partial charge in [-0.3, -0.25) is 4.90 Å². The minimum atomic E-state index is 0.471. The quantitative estimate of drug-likeness (QED) is 0.669. The zero-order valence-corrected chi connectivity index (χ0v) is 8.29. The molecule has 3 heteroatoms. The van der Waals surface area contributed by atoms with E-state index >= 15 is 0 Å². The Balaban J connectivity index is 2.47. The molecule has 1 fully saturated rings. The Morgan fingerprint density at radius 1 is 1.42 bits per heavy atom. The van der Waals surface area contributed by atoms with Crippen molar-refractivity contribution in [3.8, 4) is 0 Å². The second-order valence-electron chi connectivity index (χ2n) is 3.82. The van der Waals surface area contributed by atoms with Gasteiger partial charge in [-0.05, 0) is 20.8 Å². The summed E-state index contributed by atoms with van der Waals surface area (Å²) in [6.45, 7) is 9.09. The molecule has 0 aromatic heterocycles. The predicted octanol–water partition coefficient (Wildman–Crippen LogP) is 0.443. The summed E-state index contributed by atoms with van der Waals surface area (Å²) in [7, 11) is 0. The molecule has 0 aromatic carbocycles. The van der Waals surface area contributed by atoms with Gasteiger partial charge in [0.1, 0.15) is 0 Å². The van der Waals surface area contributed by atoms with E-state index in [2.05, 4.69) is 25.7 Å². The highest BCUT2D eigenvalue weighted by Gasteiger charge is 2.30. The molecule has 0 bridgehead atoms. The fourth-order valence-electron chi connectivity index (χ4n) is 1.81. The third kappa shape index (κ3) is 1.97. The van der Waals surface area contributed by atoms with Crippen LogP contribution >= 0.6 is 0 Å². The predicted molar refractivity (Wildman–Crippen MR) is 50.1 cm³/mol. The number of hydrogen-bond acceptors (Lipinski definition) is 3. The molecule has 1 saturated heterocycles. The highest BCUT2D eigenvalue weighted by Crippen LogP contribution is 2.16. The van der Waals surface area contributed by atoms with Crippen molar-refractivity contribution in [1.82, 2.24) is 4.90 Å². The van der Waals surface area contributed by atoms with Gasteiger partial charge in [0.15, 0.2) is 0 Å². The molecule has 0 amide bonds. The van der Waals surface area contributed by atoms with E-state index in [1.54, 1.807) is 0 Å². The molecule has 1 rings (SSSR count). The van der Waals surface area contributed by atoms with E-state index in [4.69, 9.17) is 10.5 Å². The topological polar surface area (TPSA) is 38.5 Å². The third-order valence-electron chi connectivity index (χ3n) is 2.49. The van der Waals surface area contributed by atoms with Crippen molar-refractivity contribution in [2.75, 3.05) is 19.8 Å². The first-order valence-electron chi connectivity index (χ1n) is 4.72. The molecule has 0 saturated carbocycles. The lowest BCUT2D eigenvalue weighted by molar-refractivity contribution is -0.0872. The van der Waals surface area contributed by atoms with Crippen molar-refractivity contribution in [1.29, 1.82) is 0 Å². The molecule has 0 aliphatic carbocycles. The van der Waals surface area contributed by atoms with Gasteiger partial charge in [-0.15, -0.1) is 0 Å². The molecule has 1 atom stereocenters. The van der Waals surface area contributed by atoms with E-state index in [-0.39, 0.29) is 0 Å². The average molecular weight is 172 g/mol. The molecule has 72 valence electrons. The van der Waals surface area contributed by atoms with Crippen molar-refractivity contribution < 1.29 is 4.74 Å². The van der Waals surface area contributed by atoms with Crippen LogP contribution in [0.25, 0.3) is 0 Å². The van der Waals surface area contributed by atoms with E-state index in [0.717, 1.165) is 19.8 Å². The maximum absolute atomic E-state index is 5.64. The Morgan fingerprint density at radius 3 is 2.25 bits per heavy atom. The molecule has 12 heavy (non-hydrogen) atoms. The molecule has 2 N–H and O–H groups in total. The van der Waals surface area contributed by atoms with Crippen LogP contribution < -0.4 is 5.73 Å². The molecular weight excluding hydrogens is 152 g/mol. The molecule has 0 radical (unpaired) electrons. The fourth-order valence-corrected chi connectivity index (χ4v) is 1.81. The van der Waals surface area contributed by atoms with E-state index < -0.39 is 0 Å². The van der Waals surface area contributed by atoms with E-state index in [9.17, 15) is 0 Å². The van der Waals surface area contributed by atoms with E-state index in [1.165, 1.54) is 0 Å². The molecule has 1 aliphatic rings. The number of nitrogens with zero attached hydrogens (tertiary/aromatic N) is 1. The Labute approximate surface area is 74.9 Å². The van der Waals surface area contributed by atoms with Gasteiger partial charge in [-0.25, -0.2) is 0 Å². The van der Waals surface area contributed by atoms with Gasteiger partial charge >= 0.3 is 0 Å². The van der Waals surface area contributed by atoms with Crippen LogP contribution in [-0.4, -0.2) is 42.8 Å². The maximum Gasteiger partial charge on any atom is 0.0645 e. The maximum atomic E-state index is 5.64. The standard InChI is InChI=1S/C9H20N2O/c1-7(2)11(8(3)4-10)9-5-12-6-9/h7-9H,4-6,10H2,1-3H3.